The molecule has 26 heavy (non-hydrogen) atoms. The fraction of sp³-hybridized carbons (Fsp3) is 0.500. The van der Waals surface area contributed by atoms with Gasteiger partial charge in [-0.1, -0.05) is 0 Å². The van der Waals surface area contributed by atoms with Crippen molar-refractivity contribution in [3.63, 3.8) is 0 Å². The number of carbonyl (C=O) groups excluding carboxylic acids is 2. The lowest BCUT2D eigenvalue weighted by Gasteiger charge is -2.22. The summed E-state index contributed by atoms with van der Waals surface area (Å²) in [6, 6.07) is 5.10. The van der Waals surface area contributed by atoms with Crippen molar-refractivity contribution in [2.45, 2.75) is 25.3 Å². The number of amides is 2. The number of aromatic nitrogens is 2. The summed E-state index contributed by atoms with van der Waals surface area (Å²) in [5.74, 6) is -0.442. The highest BCUT2D eigenvalue weighted by molar-refractivity contribution is 6.00. The Morgan fingerprint density at radius 1 is 1.19 bits per heavy atom. The topological polar surface area (TPSA) is 96.6 Å². The van der Waals surface area contributed by atoms with Crippen molar-refractivity contribution in [3.8, 4) is 0 Å². The Bertz CT molecular complexity index is 945. The molecular formula is C18H22N4O4. The lowest BCUT2D eigenvalue weighted by Crippen LogP contribution is -2.44. The largest absolute Gasteiger partial charge is 0.396 e. The molecule has 1 aromatic heterocycles. The SMILES string of the molecule is Cn1c(=O)n(C2CCC(=O)NC2=O)c2ccc(N3CC[C@@H](CO)C3)cc21. The quantitative estimate of drug-likeness (QED) is 0.761. The number of imidazole rings is 1. The summed E-state index contributed by atoms with van der Waals surface area (Å²) in [7, 11) is 1.69. The third-order valence-electron chi connectivity index (χ3n) is 5.50. The first-order valence-corrected chi connectivity index (χ1v) is 8.90. The van der Waals surface area contributed by atoms with Crippen LogP contribution in [0.2, 0.25) is 0 Å². The van der Waals surface area contributed by atoms with Gasteiger partial charge in [-0.25, -0.2) is 4.79 Å². The van der Waals surface area contributed by atoms with Crippen molar-refractivity contribution in [1.82, 2.24) is 14.5 Å². The van der Waals surface area contributed by atoms with Gasteiger partial charge >= 0.3 is 5.69 Å². The van der Waals surface area contributed by atoms with E-state index in [1.807, 2.05) is 18.2 Å². The van der Waals surface area contributed by atoms with E-state index in [9.17, 15) is 19.5 Å². The molecule has 8 nitrogen and oxygen atoms in total. The molecule has 2 amide bonds. The number of aliphatic hydroxyl groups excluding tert-OH is 1. The normalized spacial score (nSPS) is 23.7. The van der Waals surface area contributed by atoms with E-state index >= 15 is 0 Å². The van der Waals surface area contributed by atoms with Crippen LogP contribution in [0.15, 0.2) is 23.0 Å². The Balaban J connectivity index is 1.75. The number of piperidine rings is 1. The molecule has 0 saturated carbocycles. The zero-order valence-corrected chi connectivity index (χ0v) is 14.6. The van der Waals surface area contributed by atoms with Gasteiger partial charge in [0.25, 0.3) is 0 Å². The molecule has 2 aliphatic rings. The summed E-state index contributed by atoms with van der Waals surface area (Å²) in [6.45, 7) is 1.85. The molecule has 0 radical (unpaired) electrons. The fourth-order valence-electron chi connectivity index (χ4n) is 3.99. The minimum absolute atomic E-state index is 0.184. The number of fused-ring (bicyclic) bond motifs is 1. The molecule has 1 unspecified atom stereocenters. The first kappa shape index (κ1) is 16.8. The number of rotatable bonds is 3. The average molecular weight is 358 g/mol. The third kappa shape index (κ3) is 2.61. The van der Waals surface area contributed by atoms with Gasteiger partial charge in [-0.05, 0) is 31.0 Å². The molecule has 2 aliphatic heterocycles. The Labute approximate surface area is 150 Å². The van der Waals surface area contributed by atoms with E-state index in [1.165, 1.54) is 4.57 Å². The van der Waals surface area contributed by atoms with Gasteiger partial charge in [-0.3, -0.25) is 24.0 Å². The third-order valence-corrected chi connectivity index (χ3v) is 5.50. The Morgan fingerprint density at radius 3 is 2.69 bits per heavy atom. The molecular weight excluding hydrogens is 336 g/mol. The lowest BCUT2D eigenvalue weighted by atomic mass is 10.1. The molecule has 2 fully saturated rings. The minimum atomic E-state index is -0.666. The number of carbonyl (C=O) groups is 2. The van der Waals surface area contributed by atoms with Crippen LogP contribution in [0.5, 0.6) is 0 Å². The van der Waals surface area contributed by atoms with Gasteiger partial charge in [0.15, 0.2) is 0 Å². The average Bonchev–Trinajstić information content (AvgIpc) is 3.20. The van der Waals surface area contributed by atoms with E-state index in [-0.39, 0.29) is 30.5 Å². The first-order chi connectivity index (χ1) is 12.5. The predicted octanol–water partition coefficient (Wildman–Crippen LogP) is 0.136. The smallest absolute Gasteiger partial charge is 0.329 e. The van der Waals surface area contributed by atoms with Crippen LogP contribution < -0.4 is 15.9 Å². The molecule has 0 bridgehead atoms. The fourth-order valence-corrected chi connectivity index (χ4v) is 3.99. The number of benzene rings is 1. The Kier molecular flexibility index (Phi) is 4.07. The van der Waals surface area contributed by atoms with Gasteiger partial charge in [0.05, 0.1) is 11.0 Å². The standard InChI is InChI=1S/C18H22N4O4/c1-20-15-8-12(21-7-6-11(9-21)10-23)2-3-13(15)22(18(20)26)14-4-5-16(24)19-17(14)25/h2-3,8,11,14,23H,4-7,9-10H2,1H3,(H,19,24,25)/t11-,14?/m1/s1. The van der Waals surface area contributed by atoms with E-state index < -0.39 is 11.9 Å². The summed E-state index contributed by atoms with van der Waals surface area (Å²) in [4.78, 5) is 38.6. The second kappa shape index (κ2) is 6.28. The van der Waals surface area contributed by atoms with Crippen LogP contribution in [-0.4, -0.2) is 45.8 Å². The van der Waals surface area contributed by atoms with E-state index in [2.05, 4.69) is 10.2 Å². The highest BCUT2D eigenvalue weighted by atomic mass is 16.3. The summed E-state index contributed by atoms with van der Waals surface area (Å²) < 4.78 is 3.03. The summed E-state index contributed by atoms with van der Waals surface area (Å²) in [6.07, 6.45) is 1.51. The molecule has 3 heterocycles. The number of anilines is 1. The number of aliphatic hydroxyl groups is 1. The van der Waals surface area contributed by atoms with Crippen molar-refractivity contribution in [2.24, 2.45) is 13.0 Å². The number of aryl methyl sites for hydroxylation is 1. The lowest BCUT2D eigenvalue weighted by molar-refractivity contribution is -0.135. The van der Waals surface area contributed by atoms with Crippen LogP contribution in [0.3, 0.4) is 0 Å². The second-order valence-electron chi connectivity index (χ2n) is 7.13. The van der Waals surface area contributed by atoms with Crippen molar-refractivity contribution in [2.75, 3.05) is 24.6 Å². The van der Waals surface area contributed by atoms with E-state index in [0.717, 1.165) is 30.7 Å². The summed E-state index contributed by atoms with van der Waals surface area (Å²) in [5, 5.41) is 11.7. The highest BCUT2D eigenvalue weighted by Crippen LogP contribution is 2.29. The Morgan fingerprint density at radius 2 is 2.00 bits per heavy atom. The van der Waals surface area contributed by atoms with Crippen LogP contribution in [0, 0.1) is 5.92 Å². The maximum Gasteiger partial charge on any atom is 0.329 e. The van der Waals surface area contributed by atoms with E-state index in [0.29, 0.717) is 11.9 Å². The van der Waals surface area contributed by atoms with Crippen LogP contribution in [0.1, 0.15) is 25.3 Å². The summed E-state index contributed by atoms with van der Waals surface area (Å²) in [5.41, 5.74) is 2.18. The summed E-state index contributed by atoms with van der Waals surface area (Å²) >= 11 is 0. The number of hydrogen-bond acceptors (Lipinski definition) is 5. The van der Waals surface area contributed by atoms with Crippen molar-refractivity contribution < 1.29 is 14.7 Å². The minimum Gasteiger partial charge on any atom is -0.396 e. The molecule has 138 valence electrons. The molecule has 2 saturated heterocycles. The molecule has 2 N–H and O–H groups in total. The van der Waals surface area contributed by atoms with Crippen molar-refractivity contribution in [3.05, 3.63) is 28.7 Å². The number of hydrogen-bond donors (Lipinski definition) is 2. The molecule has 8 heteroatoms. The number of imide groups is 1. The first-order valence-electron chi connectivity index (χ1n) is 8.90. The van der Waals surface area contributed by atoms with Gasteiger partial charge in [0, 0.05) is 44.8 Å². The van der Waals surface area contributed by atoms with Crippen LogP contribution >= 0.6 is 0 Å². The van der Waals surface area contributed by atoms with Gasteiger partial charge in [0.2, 0.25) is 11.8 Å². The van der Waals surface area contributed by atoms with Crippen LogP contribution in [-0.2, 0) is 16.6 Å². The van der Waals surface area contributed by atoms with Gasteiger partial charge < -0.3 is 10.0 Å². The molecule has 2 atom stereocenters. The van der Waals surface area contributed by atoms with Crippen molar-refractivity contribution in [1.29, 1.82) is 0 Å². The monoisotopic (exact) mass is 358 g/mol. The van der Waals surface area contributed by atoms with Crippen LogP contribution in [0.4, 0.5) is 5.69 Å². The highest BCUT2D eigenvalue weighted by Gasteiger charge is 2.31. The molecule has 0 aliphatic carbocycles. The van der Waals surface area contributed by atoms with Gasteiger partial charge in [0.1, 0.15) is 6.04 Å². The maximum absolute atomic E-state index is 12.8. The zero-order valence-electron chi connectivity index (χ0n) is 14.6. The zero-order chi connectivity index (χ0) is 18.4. The van der Waals surface area contributed by atoms with E-state index in [4.69, 9.17) is 0 Å². The predicted molar refractivity (Wildman–Crippen MR) is 96.0 cm³/mol. The molecule has 4 rings (SSSR count). The van der Waals surface area contributed by atoms with Gasteiger partial charge in [-0.2, -0.15) is 0 Å². The van der Waals surface area contributed by atoms with Crippen LogP contribution in [0.25, 0.3) is 11.0 Å². The van der Waals surface area contributed by atoms with Gasteiger partial charge in [-0.15, -0.1) is 0 Å². The Hall–Kier alpha value is -2.61. The van der Waals surface area contributed by atoms with E-state index in [1.54, 1.807) is 11.6 Å². The number of nitrogens with one attached hydrogen (secondary N) is 1. The molecule has 1 aromatic carbocycles. The second-order valence-corrected chi connectivity index (χ2v) is 7.13. The molecule has 2 aromatic rings. The maximum atomic E-state index is 12.8. The molecule has 0 spiro atoms. The number of nitrogens with zero attached hydrogens (tertiary/aromatic N) is 3. The van der Waals surface area contributed by atoms with Crippen molar-refractivity contribution >= 4 is 28.5 Å².